The minimum atomic E-state index is -0.421. The molecule has 0 aliphatic carbocycles. The molecule has 0 atom stereocenters. The summed E-state index contributed by atoms with van der Waals surface area (Å²) in [5.74, 6) is -0.421. The molecule has 0 saturated carbocycles. The molecule has 0 aliphatic heterocycles. The summed E-state index contributed by atoms with van der Waals surface area (Å²) in [6.45, 7) is 3.98. The van der Waals surface area contributed by atoms with E-state index in [0.717, 1.165) is 16.7 Å². The number of amides is 1. The van der Waals surface area contributed by atoms with Crippen LogP contribution in [0, 0.1) is 13.8 Å². The van der Waals surface area contributed by atoms with Crippen molar-refractivity contribution in [2.45, 2.75) is 13.8 Å². The summed E-state index contributed by atoms with van der Waals surface area (Å²) in [5, 5.41) is 2.73. The van der Waals surface area contributed by atoms with Crippen LogP contribution in [-0.4, -0.2) is 10.9 Å². The molecule has 0 fully saturated rings. The molecule has 1 heterocycles. The van der Waals surface area contributed by atoms with Gasteiger partial charge in [-0.15, -0.1) is 0 Å². The second-order valence-electron chi connectivity index (χ2n) is 5.80. The van der Waals surface area contributed by atoms with Gasteiger partial charge in [-0.25, -0.2) is 0 Å². The summed E-state index contributed by atoms with van der Waals surface area (Å²) in [5.41, 5.74) is 4.19. The van der Waals surface area contributed by atoms with Gasteiger partial charge in [-0.1, -0.05) is 47.5 Å². The number of rotatable bonds is 3. The van der Waals surface area contributed by atoms with Crippen LogP contribution in [0.25, 0.3) is 11.3 Å². The van der Waals surface area contributed by atoms with Crippen LogP contribution in [0.5, 0.6) is 0 Å². The normalized spacial score (nSPS) is 10.4. The number of benzene rings is 2. The maximum atomic E-state index is 12.3. The van der Waals surface area contributed by atoms with E-state index in [4.69, 9.17) is 0 Å². The molecule has 0 unspecified atom stereocenters. The standard InChI is InChI=1S/C20H18N2O2/c1-13-3-7-15(8-4-13)18-12-11-17(20(24)22-18)19(23)21-16-9-5-14(2)6-10-16/h3-12H,1-2H3,(H,21,23)(H,22,24). The second-order valence-corrected chi connectivity index (χ2v) is 5.80. The van der Waals surface area contributed by atoms with Crippen molar-refractivity contribution in [3.63, 3.8) is 0 Å². The highest BCUT2D eigenvalue weighted by Crippen LogP contribution is 2.16. The molecule has 0 spiro atoms. The third-order valence-electron chi connectivity index (χ3n) is 3.83. The largest absolute Gasteiger partial charge is 0.322 e. The molecule has 1 aromatic heterocycles. The van der Waals surface area contributed by atoms with Gasteiger partial charge in [0.1, 0.15) is 5.56 Å². The molecule has 0 radical (unpaired) electrons. The van der Waals surface area contributed by atoms with E-state index in [1.165, 1.54) is 0 Å². The Balaban J connectivity index is 1.84. The van der Waals surface area contributed by atoms with Crippen LogP contribution < -0.4 is 10.9 Å². The van der Waals surface area contributed by atoms with Crippen LogP contribution in [-0.2, 0) is 0 Å². The third-order valence-corrected chi connectivity index (χ3v) is 3.83. The van der Waals surface area contributed by atoms with Crippen molar-refractivity contribution in [2.75, 3.05) is 5.32 Å². The number of pyridine rings is 1. The first-order chi connectivity index (χ1) is 11.5. The molecular weight excluding hydrogens is 300 g/mol. The lowest BCUT2D eigenvalue weighted by molar-refractivity contribution is 0.102. The molecule has 120 valence electrons. The molecule has 24 heavy (non-hydrogen) atoms. The Morgan fingerprint density at radius 2 is 1.42 bits per heavy atom. The summed E-state index contributed by atoms with van der Waals surface area (Å²) >= 11 is 0. The molecule has 0 aliphatic rings. The van der Waals surface area contributed by atoms with Crippen LogP contribution in [0.15, 0.2) is 65.5 Å². The Morgan fingerprint density at radius 3 is 2.00 bits per heavy atom. The van der Waals surface area contributed by atoms with E-state index >= 15 is 0 Å². The fraction of sp³-hybridized carbons (Fsp3) is 0.100. The van der Waals surface area contributed by atoms with Gasteiger partial charge < -0.3 is 10.3 Å². The highest BCUT2D eigenvalue weighted by Gasteiger charge is 2.11. The first kappa shape index (κ1) is 15.7. The predicted octanol–water partition coefficient (Wildman–Crippen LogP) is 3.91. The van der Waals surface area contributed by atoms with Crippen molar-refractivity contribution in [1.29, 1.82) is 0 Å². The van der Waals surface area contributed by atoms with E-state index in [1.807, 2.05) is 62.4 Å². The van der Waals surface area contributed by atoms with Gasteiger partial charge in [0.25, 0.3) is 11.5 Å². The van der Waals surface area contributed by atoms with Gasteiger partial charge in [-0.2, -0.15) is 0 Å². The zero-order valence-electron chi connectivity index (χ0n) is 13.6. The van der Waals surface area contributed by atoms with Gasteiger partial charge in [-0.05, 0) is 43.7 Å². The molecule has 4 heteroatoms. The fourth-order valence-electron chi connectivity index (χ4n) is 2.39. The topological polar surface area (TPSA) is 62.0 Å². The Morgan fingerprint density at radius 1 is 0.833 bits per heavy atom. The maximum Gasteiger partial charge on any atom is 0.261 e. The lowest BCUT2D eigenvalue weighted by Gasteiger charge is -2.07. The molecule has 2 aromatic carbocycles. The van der Waals surface area contributed by atoms with Gasteiger partial charge in [0.05, 0.1) is 0 Å². The van der Waals surface area contributed by atoms with Crippen molar-refractivity contribution in [1.82, 2.24) is 4.98 Å². The number of carbonyl (C=O) groups is 1. The highest BCUT2D eigenvalue weighted by atomic mass is 16.2. The molecule has 0 saturated heterocycles. The number of nitrogens with one attached hydrogen (secondary N) is 2. The maximum absolute atomic E-state index is 12.3. The zero-order valence-corrected chi connectivity index (χ0v) is 13.6. The Labute approximate surface area is 140 Å². The average molecular weight is 318 g/mol. The molecule has 2 N–H and O–H groups in total. The van der Waals surface area contributed by atoms with E-state index in [9.17, 15) is 9.59 Å². The van der Waals surface area contributed by atoms with Crippen molar-refractivity contribution >= 4 is 11.6 Å². The molecule has 0 bridgehead atoms. The smallest absolute Gasteiger partial charge is 0.261 e. The number of aromatic amines is 1. The van der Waals surface area contributed by atoms with E-state index in [0.29, 0.717) is 11.4 Å². The summed E-state index contributed by atoms with van der Waals surface area (Å²) in [6, 6.07) is 18.6. The minimum absolute atomic E-state index is 0.0893. The summed E-state index contributed by atoms with van der Waals surface area (Å²) in [7, 11) is 0. The molecule has 3 rings (SSSR count). The van der Waals surface area contributed by atoms with E-state index in [-0.39, 0.29) is 5.56 Å². The Kier molecular flexibility index (Phi) is 4.29. The van der Waals surface area contributed by atoms with Gasteiger partial charge in [0.15, 0.2) is 0 Å². The lowest BCUT2D eigenvalue weighted by atomic mass is 10.1. The van der Waals surface area contributed by atoms with E-state index < -0.39 is 11.5 Å². The SMILES string of the molecule is Cc1ccc(NC(=O)c2ccc(-c3ccc(C)cc3)[nH]c2=O)cc1. The van der Waals surface area contributed by atoms with Gasteiger partial charge in [-0.3, -0.25) is 9.59 Å². The van der Waals surface area contributed by atoms with Crippen LogP contribution in [0.3, 0.4) is 0 Å². The second kappa shape index (κ2) is 6.54. The molecule has 4 nitrogen and oxygen atoms in total. The molecule has 3 aromatic rings. The Hall–Kier alpha value is -3.14. The van der Waals surface area contributed by atoms with Gasteiger partial charge >= 0.3 is 0 Å². The lowest BCUT2D eigenvalue weighted by Crippen LogP contribution is -2.23. The fourth-order valence-corrected chi connectivity index (χ4v) is 2.39. The van der Waals surface area contributed by atoms with Crippen LogP contribution >= 0.6 is 0 Å². The summed E-state index contributed by atoms with van der Waals surface area (Å²) < 4.78 is 0. The van der Waals surface area contributed by atoms with Crippen LogP contribution in [0.4, 0.5) is 5.69 Å². The number of carbonyl (C=O) groups excluding carboxylic acids is 1. The predicted molar refractivity (Wildman–Crippen MR) is 96.4 cm³/mol. The molecular formula is C20H18N2O2. The number of aromatic nitrogens is 1. The zero-order chi connectivity index (χ0) is 17.1. The van der Waals surface area contributed by atoms with Crippen LogP contribution in [0.2, 0.25) is 0 Å². The van der Waals surface area contributed by atoms with E-state index in [2.05, 4.69) is 10.3 Å². The monoisotopic (exact) mass is 318 g/mol. The van der Waals surface area contributed by atoms with Crippen molar-refractivity contribution in [3.8, 4) is 11.3 Å². The first-order valence-corrected chi connectivity index (χ1v) is 7.71. The average Bonchev–Trinajstić information content (AvgIpc) is 2.57. The number of hydrogen-bond donors (Lipinski definition) is 2. The number of H-pyrrole nitrogens is 1. The Bertz CT molecular complexity index is 923. The van der Waals surface area contributed by atoms with Gasteiger partial charge in [0, 0.05) is 11.4 Å². The summed E-state index contributed by atoms with van der Waals surface area (Å²) in [4.78, 5) is 27.3. The van der Waals surface area contributed by atoms with Crippen LogP contribution in [0.1, 0.15) is 21.5 Å². The summed E-state index contributed by atoms with van der Waals surface area (Å²) in [6.07, 6.45) is 0. The van der Waals surface area contributed by atoms with Gasteiger partial charge in [0.2, 0.25) is 0 Å². The van der Waals surface area contributed by atoms with Crippen molar-refractivity contribution in [3.05, 3.63) is 87.7 Å². The third kappa shape index (κ3) is 3.43. The number of hydrogen-bond acceptors (Lipinski definition) is 2. The van der Waals surface area contributed by atoms with Crippen molar-refractivity contribution < 1.29 is 4.79 Å². The number of aryl methyl sites for hydroxylation is 2. The van der Waals surface area contributed by atoms with E-state index in [1.54, 1.807) is 12.1 Å². The quantitative estimate of drug-likeness (QED) is 0.769. The number of anilines is 1. The first-order valence-electron chi connectivity index (χ1n) is 7.71. The molecule has 1 amide bonds. The van der Waals surface area contributed by atoms with Crippen molar-refractivity contribution in [2.24, 2.45) is 0 Å². The highest BCUT2D eigenvalue weighted by molar-refractivity contribution is 6.04. The minimum Gasteiger partial charge on any atom is -0.322 e.